The molecular formula is C27H27BrN4O4. The molecule has 0 unspecified atom stereocenters. The summed E-state index contributed by atoms with van der Waals surface area (Å²) >= 11 is 3.36. The third-order valence-corrected chi connectivity index (χ3v) is 5.45. The van der Waals surface area contributed by atoms with Gasteiger partial charge in [0.25, 0.3) is 11.8 Å². The fourth-order valence-corrected chi connectivity index (χ4v) is 3.61. The second-order valence-corrected chi connectivity index (χ2v) is 8.75. The maximum atomic E-state index is 13.0. The van der Waals surface area contributed by atoms with Crippen molar-refractivity contribution >= 4 is 45.7 Å². The summed E-state index contributed by atoms with van der Waals surface area (Å²) in [6.45, 7) is 2.18. The Hall–Kier alpha value is -4.11. The van der Waals surface area contributed by atoms with Crippen molar-refractivity contribution in [3.63, 3.8) is 0 Å². The van der Waals surface area contributed by atoms with E-state index in [4.69, 9.17) is 4.74 Å². The Morgan fingerprint density at radius 3 is 2.42 bits per heavy atom. The quantitative estimate of drug-likeness (QED) is 0.206. The summed E-state index contributed by atoms with van der Waals surface area (Å²) in [6, 6.07) is 19.4. The van der Waals surface area contributed by atoms with Gasteiger partial charge in [0.05, 0.1) is 12.8 Å². The zero-order chi connectivity index (χ0) is 26.1. The summed E-state index contributed by atoms with van der Waals surface area (Å²) in [5.74, 6) is -0.882. The normalized spacial score (nSPS) is 11.3. The molecule has 0 saturated heterocycles. The van der Waals surface area contributed by atoms with Crippen molar-refractivity contribution < 1.29 is 19.4 Å². The number of nitrogens with zero attached hydrogens (tertiary/aromatic N) is 2. The molecule has 8 nitrogen and oxygen atoms in total. The summed E-state index contributed by atoms with van der Waals surface area (Å²) in [6.07, 6.45) is 2.86. The molecular weight excluding hydrogens is 524 g/mol. The highest BCUT2D eigenvalue weighted by Gasteiger charge is 2.15. The lowest BCUT2D eigenvalue weighted by Crippen LogP contribution is -2.32. The average Bonchev–Trinajstić information content (AvgIpc) is 2.87. The number of amides is 2. The van der Waals surface area contributed by atoms with Crippen LogP contribution in [0.2, 0.25) is 0 Å². The number of nitrogens with one attached hydrogen (secondary N) is 2. The van der Waals surface area contributed by atoms with Crippen molar-refractivity contribution in [1.29, 1.82) is 0 Å². The standard InChI is InChI=1S/C27H27BrN4O4/c1-4-36-24-16-21(28)15-20(25(24)33)17-29-31-27(35)23(30-26(34)19-8-6-5-7-9-19)14-18-10-12-22(13-11-18)32(2)3/h5-17,33H,4H2,1-3H3,(H,30,34)(H,31,35)/b23-14-,29-17-. The van der Waals surface area contributed by atoms with Crippen molar-refractivity contribution in [2.24, 2.45) is 5.10 Å². The fraction of sp³-hybridized carbons (Fsp3) is 0.148. The van der Waals surface area contributed by atoms with Crippen molar-refractivity contribution in [2.75, 3.05) is 25.6 Å². The van der Waals surface area contributed by atoms with Crippen molar-refractivity contribution in [2.45, 2.75) is 6.92 Å². The van der Waals surface area contributed by atoms with Crippen molar-refractivity contribution in [1.82, 2.24) is 10.7 Å². The van der Waals surface area contributed by atoms with Gasteiger partial charge in [0, 0.05) is 35.4 Å². The molecule has 0 fully saturated rings. The molecule has 9 heteroatoms. The summed E-state index contributed by atoms with van der Waals surface area (Å²) < 4.78 is 6.08. The highest BCUT2D eigenvalue weighted by molar-refractivity contribution is 9.10. The van der Waals surface area contributed by atoms with Gasteiger partial charge >= 0.3 is 0 Å². The zero-order valence-electron chi connectivity index (χ0n) is 20.2. The minimum absolute atomic E-state index is 0.00655. The zero-order valence-corrected chi connectivity index (χ0v) is 21.7. The van der Waals surface area contributed by atoms with Gasteiger partial charge in [0.15, 0.2) is 11.5 Å². The maximum absolute atomic E-state index is 13.0. The van der Waals surface area contributed by atoms with E-state index in [1.807, 2.05) is 43.3 Å². The van der Waals surface area contributed by atoms with E-state index in [2.05, 4.69) is 31.8 Å². The van der Waals surface area contributed by atoms with Gasteiger partial charge in [-0.1, -0.05) is 46.3 Å². The minimum Gasteiger partial charge on any atom is -0.504 e. The molecule has 3 aromatic carbocycles. The molecule has 3 rings (SSSR count). The first-order valence-corrected chi connectivity index (χ1v) is 11.9. The third-order valence-electron chi connectivity index (χ3n) is 4.99. The molecule has 3 N–H and O–H groups in total. The molecule has 0 atom stereocenters. The number of phenols is 1. The molecule has 3 aromatic rings. The van der Waals surface area contributed by atoms with Crippen LogP contribution in [-0.2, 0) is 4.79 Å². The van der Waals surface area contributed by atoms with Crippen LogP contribution in [0.4, 0.5) is 5.69 Å². The fourth-order valence-electron chi connectivity index (χ4n) is 3.16. The molecule has 0 heterocycles. The number of hydrogen-bond acceptors (Lipinski definition) is 6. The number of hydrazone groups is 1. The molecule has 0 aliphatic rings. The summed E-state index contributed by atoms with van der Waals surface area (Å²) in [4.78, 5) is 27.7. The van der Waals surface area contributed by atoms with Gasteiger partial charge < -0.3 is 20.1 Å². The van der Waals surface area contributed by atoms with Gasteiger partial charge in [-0.2, -0.15) is 5.10 Å². The van der Waals surface area contributed by atoms with E-state index >= 15 is 0 Å². The van der Waals surface area contributed by atoms with Crippen LogP contribution in [-0.4, -0.2) is 43.8 Å². The number of halogens is 1. The molecule has 0 aromatic heterocycles. The highest BCUT2D eigenvalue weighted by atomic mass is 79.9. The number of anilines is 1. The van der Waals surface area contributed by atoms with Gasteiger partial charge in [-0.3, -0.25) is 9.59 Å². The molecule has 186 valence electrons. The molecule has 0 radical (unpaired) electrons. The van der Waals surface area contributed by atoms with Gasteiger partial charge in [-0.25, -0.2) is 5.43 Å². The second-order valence-electron chi connectivity index (χ2n) is 7.84. The number of hydrogen-bond donors (Lipinski definition) is 3. The Bertz CT molecular complexity index is 1270. The highest BCUT2D eigenvalue weighted by Crippen LogP contribution is 2.32. The Balaban J connectivity index is 1.84. The van der Waals surface area contributed by atoms with Crippen molar-refractivity contribution in [3.8, 4) is 11.5 Å². The van der Waals surface area contributed by atoms with Gasteiger partial charge in [0.2, 0.25) is 0 Å². The minimum atomic E-state index is -0.633. The van der Waals surface area contributed by atoms with Gasteiger partial charge in [-0.05, 0) is 55.0 Å². The van der Waals surface area contributed by atoms with Crippen LogP contribution in [0.1, 0.15) is 28.4 Å². The average molecular weight is 551 g/mol. The number of rotatable bonds is 9. The van der Waals surface area contributed by atoms with E-state index in [9.17, 15) is 14.7 Å². The molecule has 0 aliphatic heterocycles. The van der Waals surface area contributed by atoms with Crippen LogP contribution < -0.4 is 20.4 Å². The van der Waals surface area contributed by atoms with Crippen LogP contribution in [0.3, 0.4) is 0 Å². The van der Waals surface area contributed by atoms with Crippen LogP contribution in [0.5, 0.6) is 11.5 Å². The Kier molecular flexibility index (Phi) is 9.24. The van der Waals surface area contributed by atoms with Crippen LogP contribution in [0, 0.1) is 0 Å². The van der Waals surface area contributed by atoms with E-state index in [-0.39, 0.29) is 17.2 Å². The van der Waals surface area contributed by atoms with Gasteiger partial charge in [0.1, 0.15) is 5.70 Å². The number of benzene rings is 3. The molecule has 2 amide bonds. The lowest BCUT2D eigenvalue weighted by Gasteiger charge is -2.13. The monoisotopic (exact) mass is 550 g/mol. The SMILES string of the molecule is CCOc1cc(Br)cc(/C=N\NC(=O)/C(=C/c2ccc(N(C)C)cc2)NC(=O)c2ccccc2)c1O. The van der Waals surface area contributed by atoms with E-state index in [1.165, 1.54) is 6.21 Å². The number of carbonyl (C=O) groups is 2. The first-order chi connectivity index (χ1) is 17.3. The Morgan fingerprint density at radius 2 is 1.78 bits per heavy atom. The molecule has 36 heavy (non-hydrogen) atoms. The summed E-state index contributed by atoms with van der Waals surface area (Å²) in [5, 5.41) is 17.0. The van der Waals surface area contributed by atoms with Crippen LogP contribution >= 0.6 is 15.9 Å². The molecule has 0 spiro atoms. The Morgan fingerprint density at radius 1 is 1.08 bits per heavy atom. The summed E-state index contributed by atoms with van der Waals surface area (Å²) in [7, 11) is 3.87. The third kappa shape index (κ3) is 7.19. The Labute approximate surface area is 218 Å². The number of phenolic OH excluding ortho intramolecular Hbond substituents is 1. The second kappa shape index (κ2) is 12.6. The van der Waals surface area contributed by atoms with E-state index in [1.54, 1.807) is 55.5 Å². The lowest BCUT2D eigenvalue weighted by atomic mass is 10.1. The maximum Gasteiger partial charge on any atom is 0.287 e. The van der Waals surface area contributed by atoms with Crippen LogP contribution in [0.15, 0.2) is 82.0 Å². The molecule has 0 saturated carbocycles. The topological polar surface area (TPSA) is 103 Å². The lowest BCUT2D eigenvalue weighted by molar-refractivity contribution is -0.117. The first kappa shape index (κ1) is 26.5. The first-order valence-electron chi connectivity index (χ1n) is 11.1. The predicted octanol–water partition coefficient (Wildman–Crippen LogP) is 4.54. The van der Waals surface area contributed by atoms with Crippen LogP contribution in [0.25, 0.3) is 6.08 Å². The number of carbonyl (C=O) groups excluding carboxylic acids is 2. The van der Waals surface area contributed by atoms with E-state index in [0.29, 0.717) is 27.8 Å². The number of ether oxygens (including phenoxy) is 1. The molecule has 0 bridgehead atoms. The molecule has 0 aliphatic carbocycles. The predicted molar refractivity (Wildman–Crippen MR) is 145 cm³/mol. The summed E-state index contributed by atoms with van der Waals surface area (Å²) in [5.41, 5.74) is 4.87. The van der Waals surface area contributed by atoms with Gasteiger partial charge in [-0.15, -0.1) is 0 Å². The van der Waals surface area contributed by atoms with E-state index < -0.39 is 11.8 Å². The smallest absolute Gasteiger partial charge is 0.287 e. The number of aromatic hydroxyl groups is 1. The van der Waals surface area contributed by atoms with Crippen molar-refractivity contribution in [3.05, 3.63) is 93.6 Å². The largest absolute Gasteiger partial charge is 0.504 e. The van der Waals surface area contributed by atoms with E-state index in [0.717, 1.165) is 5.69 Å².